The number of hydrogen-bond donors (Lipinski definition) is 1. The molecule has 1 aliphatic rings. The van der Waals surface area contributed by atoms with Gasteiger partial charge in [0.05, 0.1) is 5.52 Å². The van der Waals surface area contributed by atoms with Crippen LogP contribution in [0.1, 0.15) is 49.9 Å². The van der Waals surface area contributed by atoms with Gasteiger partial charge in [-0.1, -0.05) is 19.4 Å². The summed E-state index contributed by atoms with van der Waals surface area (Å²) in [7, 11) is 0. The van der Waals surface area contributed by atoms with Crippen molar-refractivity contribution in [1.29, 1.82) is 0 Å². The van der Waals surface area contributed by atoms with Crippen molar-refractivity contribution in [1.82, 2.24) is 4.98 Å². The van der Waals surface area contributed by atoms with Gasteiger partial charge in [0.1, 0.15) is 0 Å². The van der Waals surface area contributed by atoms with E-state index < -0.39 is 0 Å². The molecule has 0 aliphatic heterocycles. The highest BCUT2D eigenvalue weighted by atomic mass is 14.9. The minimum atomic E-state index is 0.977. The average molecular weight is 268 g/mol. The third-order valence-corrected chi connectivity index (χ3v) is 4.25. The van der Waals surface area contributed by atoms with Gasteiger partial charge < -0.3 is 5.32 Å². The molecule has 0 saturated heterocycles. The lowest BCUT2D eigenvalue weighted by Crippen LogP contribution is -2.04. The Morgan fingerprint density at radius 1 is 1.20 bits per heavy atom. The van der Waals surface area contributed by atoms with Gasteiger partial charge in [-0.05, 0) is 62.3 Å². The van der Waals surface area contributed by atoms with Crippen molar-refractivity contribution in [3.05, 3.63) is 35.0 Å². The fourth-order valence-corrected chi connectivity index (χ4v) is 3.22. The van der Waals surface area contributed by atoms with Gasteiger partial charge in [0.2, 0.25) is 0 Å². The first-order chi connectivity index (χ1) is 9.83. The quantitative estimate of drug-likeness (QED) is 0.863. The average Bonchev–Trinajstić information content (AvgIpc) is 2.93. The molecular weight excluding hydrogens is 244 g/mol. The summed E-state index contributed by atoms with van der Waals surface area (Å²) in [4.78, 5) is 4.88. The van der Waals surface area contributed by atoms with E-state index in [4.69, 9.17) is 4.98 Å². The van der Waals surface area contributed by atoms with Crippen LogP contribution in [0.15, 0.2) is 18.2 Å². The standard InChI is InChI=1S/C18H24N2/c1-3-5-7-13-10-11-17-15(12-13)18(19-4-2)14-8-6-9-16(14)20-17/h10-12H,3-9H2,1-2H3,(H,19,20). The lowest BCUT2D eigenvalue weighted by Gasteiger charge is -2.14. The molecule has 3 rings (SSSR count). The molecule has 1 aromatic carbocycles. The van der Waals surface area contributed by atoms with Crippen LogP contribution in [-0.2, 0) is 19.3 Å². The number of unbranched alkanes of at least 4 members (excludes halogenated alkanes) is 1. The van der Waals surface area contributed by atoms with Gasteiger partial charge in [-0.2, -0.15) is 0 Å². The van der Waals surface area contributed by atoms with E-state index in [1.165, 1.54) is 60.0 Å². The molecule has 0 unspecified atom stereocenters. The van der Waals surface area contributed by atoms with Crippen molar-refractivity contribution in [2.24, 2.45) is 0 Å². The lowest BCUT2D eigenvalue weighted by atomic mass is 10.0. The van der Waals surface area contributed by atoms with Crippen LogP contribution >= 0.6 is 0 Å². The molecule has 0 fully saturated rings. The summed E-state index contributed by atoms with van der Waals surface area (Å²) < 4.78 is 0. The van der Waals surface area contributed by atoms with Crippen LogP contribution in [-0.4, -0.2) is 11.5 Å². The molecule has 106 valence electrons. The van der Waals surface area contributed by atoms with Crippen molar-refractivity contribution in [2.45, 2.75) is 52.4 Å². The molecule has 1 aliphatic carbocycles. The van der Waals surface area contributed by atoms with Crippen LogP contribution in [0.4, 0.5) is 5.69 Å². The van der Waals surface area contributed by atoms with Gasteiger partial charge >= 0.3 is 0 Å². The van der Waals surface area contributed by atoms with Crippen LogP contribution in [0, 0.1) is 0 Å². The second-order valence-electron chi connectivity index (χ2n) is 5.75. The van der Waals surface area contributed by atoms with Gasteiger partial charge in [0, 0.05) is 23.3 Å². The van der Waals surface area contributed by atoms with Gasteiger partial charge in [0.25, 0.3) is 0 Å². The summed E-state index contributed by atoms with van der Waals surface area (Å²) in [5.74, 6) is 0. The number of nitrogens with one attached hydrogen (secondary N) is 1. The maximum Gasteiger partial charge on any atom is 0.0726 e. The number of nitrogens with zero attached hydrogens (tertiary/aromatic N) is 1. The number of aryl methyl sites for hydroxylation is 2. The van der Waals surface area contributed by atoms with Gasteiger partial charge in [-0.15, -0.1) is 0 Å². The van der Waals surface area contributed by atoms with Crippen LogP contribution in [0.25, 0.3) is 10.9 Å². The Hall–Kier alpha value is -1.57. The largest absolute Gasteiger partial charge is 0.384 e. The van der Waals surface area contributed by atoms with E-state index in [2.05, 4.69) is 37.4 Å². The maximum absolute atomic E-state index is 4.88. The number of fused-ring (bicyclic) bond motifs is 2. The van der Waals surface area contributed by atoms with Crippen molar-refractivity contribution >= 4 is 16.6 Å². The van der Waals surface area contributed by atoms with E-state index in [-0.39, 0.29) is 0 Å². The first-order valence-electron chi connectivity index (χ1n) is 8.01. The van der Waals surface area contributed by atoms with Gasteiger partial charge in [0.15, 0.2) is 0 Å². The Morgan fingerprint density at radius 3 is 2.90 bits per heavy atom. The third kappa shape index (κ3) is 2.39. The number of anilines is 1. The Bertz CT molecular complexity index is 616. The molecule has 2 nitrogen and oxygen atoms in total. The number of aromatic nitrogens is 1. The first-order valence-corrected chi connectivity index (χ1v) is 8.01. The smallest absolute Gasteiger partial charge is 0.0726 e. The summed E-state index contributed by atoms with van der Waals surface area (Å²) >= 11 is 0. The van der Waals surface area contributed by atoms with Crippen molar-refractivity contribution in [3.63, 3.8) is 0 Å². The molecule has 20 heavy (non-hydrogen) atoms. The Balaban J connectivity index is 2.11. The fraction of sp³-hybridized carbons (Fsp3) is 0.500. The monoisotopic (exact) mass is 268 g/mol. The lowest BCUT2D eigenvalue weighted by molar-refractivity contribution is 0.796. The SMILES string of the molecule is CCCCc1ccc2nc3c(c(NCC)c2c1)CCC3. The molecule has 0 atom stereocenters. The van der Waals surface area contributed by atoms with Gasteiger partial charge in [-0.3, -0.25) is 4.98 Å². The summed E-state index contributed by atoms with van der Waals surface area (Å²) in [6.07, 6.45) is 7.26. The van der Waals surface area contributed by atoms with Crippen molar-refractivity contribution in [3.8, 4) is 0 Å². The molecule has 1 N–H and O–H groups in total. The zero-order chi connectivity index (χ0) is 13.9. The normalized spacial score (nSPS) is 13.7. The second kappa shape index (κ2) is 5.82. The van der Waals surface area contributed by atoms with E-state index >= 15 is 0 Å². The second-order valence-corrected chi connectivity index (χ2v) is 5.75. The molecule has 1 heterocycles. The van der Waals surface area contributed by atoms with E-state index in [0.29, 0.717) is 0 Å². The van der Waals surface area contributed by atoms with Gasteiger partial charge in [-0.25, -0.2) is 0 Å². The number of hydrogen-bond acceptors (Lipinski definition) is 2. The topological polar surface area (TPSA) is 24.9 Å². The highest BCUT2D eigenvalue weighted by Gasteiger charge is 2.19. The van der Waals surface area contributed by atoms with E-state index in [1.807, 2.05) is 0 Å². The highest BCUT2D eigenvalue weighted by molar-refractivity contribution is 5.94. The predicted molar refractivity (Wildman–Crippen MR) is 86.5 cm³/mol. The zero-order valence-corrected chi connectivity index (χ0v) is 12.6. The molecule has 0 bridgehead atoms. The van der Waals surface area contributed by atoms with E-state index in [9.17, 15) is 0 Å². The van der Waals surface area contributed by atoms with E-state index in [0.717, 1.165) is 18.5 Å². The highest BCUT2D eigenvalue weighted by Crippen LogP contribution is 2.34. The van der Waals surface area contributed by atoms with Crippen LogP contribution in [0.5, 0.6) is 0 Å². The van der Waals surface area contributed by atoms with Crippen molar-refractivity contribution in [2.75, 3.05) is 11.9 Å². The van der Waals surface area contributed by atoms with Crippen LogP contribution in [0.2, 0.25) is 0 Å². The molecular formula is C18H24N2. The third-order valence-electron chi connectivity index (χ3n) is 4.25. The maximum atomic E-state index is 4.88. The number of benzene rings is 1. The minimum Gasteiger partial charge on any atom is -0.384 e. The first kappa shape index (κ1) is 13.4. The molecule has 1 aromatic heterocycles. The Labute approximate surface area is 121 Å². The Kier molecular flexibility index (Phi) is 3.90. The molecule has 0 amide bonds. The zero-order valence-electron chi connectivity index (χ0n) is 12.6. The number of pyridine rings is 1. The number of rotatable bonds is 5. The minimum absolute atomic E-state index is 0.977. The molecule has 2 aromatic rings. The fourth-order valence-electron chi connectivity index (χ4n) is 3.22. The Morgan fingerprint density at radius 2 is 2.10 bits per heavy atom. The summed E-state index contributed by atoms with van der Waals surface area (Å²) in [6.45, 7) is 5.40. The van der Waals surface area contributed by atoms with Crippen molar-refractivity contribution < 1.29 is 0 Å². The molecule has 0 spiro atoms. The summed E-state index contributed by atoms with van der Waals surface area (Å²) in [5.41, 5.74) is 6.73. The summed E-state index contributed by atoms with van der Waals surface area (Å²) in [5, 5.41) is 4.91. The van der Waals surface area contributed by atoms with E-state index in [1.54, 1.807) is 0 Å². The van der Waals surface area contributed by atoms with Crippen LogP contribution in [0.3, 0.4) is 0 Å². The summed E-state index contributed by atoms with van der Waals surface area (Å²) in [6, 6.07) is 6.82. The predicted octanol–water partition coefficient (Wildman–Crippen LogP) is 4.50. The molecule has 2 heteroatoms. The van der Waals surface area contributed by atoms with Crippen LogP contribution < -0.4 is 5.32 Å². The molecule has 0 saturated carbocycles. The molecule has 0 radical (unpaired) electrons.